The van der Waals surface area contributed by atoms with Gasteiger partial charge >= 0.3 is 0 Å². The number of carbonyl (C=O) groups is 2. The molecule has 4 rings (SSSR count). The molecule has 37 heavy (non-hydrogen) atoms. The van der Waals surface area contributed by atoms with Gasteiger partial charge in [0.15, 0.2) is 11.5 Å². The number of methoxy groups -OCH3 is 2. The lowest BCUT2D eigenvalue weighted by molar-refractivity contribution is -0.132. The predicted octanol–water partition coefficient (Wildman–Crippen LogP) is 6.22. The van der Waals surface area contributed by atoms with Crippen molar-refractivity contribution >= 4 is 34.5 Å². The monoisotopic (exact) mass is 521 g/mol. The number of amides is 1. The van der Waals surface area contributed by atoms with E-state index in [0.717, 1.165) is 21.8 Å². The van der Waals surface area contributed by atoms with Crippen LogP contribution in [-0.4, -0.2) is 37.6 Å². The third-order valence-electron chi connectivity index (χ3n) is 6.44. The summed E-state index contributed by atoms with van der Waals surface area (Å²) in [4.78, 5) is 29.2. The van der Waals surface area contributed by atoms with Gasteiger partial charge in [-0.15, -0.1) is 11.3 Å². The van der Waals surface area contributed by atoms with Crippen molar-refractivity contribution in [2.75, 3.05) is 25.7 Å². The van der Waals surface area contributed by atoms with Crippen LogP contribution in [0.4, 0.5) is 5.69 Å². The molecule has 1 aliphatic rings. The Morgan fingerprint density at radius 2 is 1.73 bits per heavy atom. The third kappa shape index (κ3) is 4.69. The summed E-state index contributed by atoms with van der Waals surface area (Å²) >= 11 is 1.43. The summed E-state index contributed by atoms with van der Waals surface area (Å²) in [7, 11) is 3.04. The number of thiophene rings is 1. The Kier molecular flexibility index (Phi) is 7.59. The quantitative estimate of drug-likeness (QED) is 0.215. The lowest BCUT2D eigenvalue weighted by Gasteiger charge is -2.25. The summed E-state index contributed by atoms with van der Waals surface area (Å²) in [6.07, 6.45) is 0. The Bertz CT molecular complexity index is 1370. The van der Waals surface area contributed by atoms with Crippen molar-refractivity contribution < 1.29 is 28.9 Å². The highest BCUT2D eigenvalue weighted by Crippen LogP contribution is 2.46. The highest BCUT2D eigenvalue weighted by atomic mass is 32.1. The Morgan fingerprint density at radius 1 is 1.03 bits per heavy atom. The Labute approximate surface area is 220 Å². The molecule has 0 bridgehead atoms. The zero-order valence-corrected chi connectivity index (χ0v) is 22.6. The summed E-state index contributed by atoms with van der Waals surface area (Å²) in [6, 6.07) is 11.5. The molecular formula is C29H31NO6S. The van der Waals surface area contributed by atoms with Crippen molar-refractivity contribution in [2.24, 2.45) is 0 Å². The van der Waals surface area contributed by atoms with Gasteiger partial charge in [-0.1, -0.05) is 13.8 Å². The maximum Gasteiger partial charge on any atom is 0.300 e. The maximum atomic E-state index is 13.5. The molecule has 1 saturated heterocycles. The Morgan fingerprint density at radius 3 is 2.32 bits per heavy atom. The fourth-order valence-corrected chi connectivity index (χ4v) is 5.60. The minimum atomic E-state index is -0.799. The van der Waals surface area contributed by atoms with Crippen molar-refractivity contribution in [2.45, 2.75) is 39.7 Å². The minimum Gasteiger partial charge on any atom is -0.507 e. The molecule has 0 spiro atoms. The largest absolute Gasteiger partial charge is 0.507 e. The van der Waals surface area contributed by atoms with Gasteiger partial charge in [0.1, 0.15) is 17.6 Å². The molecule has 1 aromatic heterocycles. The minimum absolute atomic E-state index is 0.0456. The summed E-state index contributed by atoms with van der Waals surface area (Å²) in [5.41, 5.74) is 2.79. The first-order chi connectivity index (χ1) is 17.7. The van der Waals surface area contributed by atoms with Crippen LogP contribution in [0.2, 0.25) is 0 Å². The van der Waals surface area contributed by atoms with Crippen LogP contribution in [0.1, 0.15) is 54.3 Å². The van der Waals surface area contributed by atoms with Crippen LogP contribution in [-0.2, 0) is 9.59 Å². The van der Waals surface area contributed by atoms with Gasteiger partial charge in [-0.25, -0.2) is 0 Å². The molecular weight excluding hydrogens is 490 g/mol. The first kappa shape index (κ1) is 26.3. The van der Waals surface area contributed by atoms with Crippen LogP contribution in [0.15, 0.2) is 53.4 Å². The number of carbonyl (C=O) groups excluding carboxylic acids is 2. The van der Waals surface area contributed by atoms with E-state index in [9.17, 15) is 14.7 Å². The highest BCUT2D eigenvalue weighted by Gasteiger charge is 2.48. The van der Waals surface area contributed by atoms with Crippen molar-refractivity contribution in [3.8, 4) is 17.2 Å². The Balaban J connectivity index is 1.93. The predicted molar refractivity (Wildman–Crippen MR) is 145 cm³/mol. The Hall–Kier alpha value is -3.78. The number of hydrogen-bond acceptors (Lipinski definition) is 7. The van der Waals surface area contributed by atoms with Gasteiger partial charge in [0.25, 0.3) is 11.7 Å². The lowest BCUT2D eigenvalue weighted by atomic mass is 9.94. The number of rotatable bonds is 8. The molecule has 0 radical (unpaired) electrons. The average Bonchev–Trinajstić information content (AvgIpc) is 3.43. The molecule has 1 N–H and O–H groups in total. The fraction of sp³-hybridized carbons (Fsp3) is 0.310. The van der Waals surface area contributed by atoms with E-state index in [-0.39, 0.29) is 17.3 Å². The second kappa shape index (κ2) is 10.7. The second-order valence-electron chi connectivity index (χ2n) is 9.02. The molecule has 2 aromatic carbocycles. The molecule has 0 aliphatic carbocycles. The molecule has 3 aromatic rings. The lowest BCUT2D eigenvalue weighted by Crippen LogP contribution is -2.29. The van der Waals surface area contributed by atoms with Gasteiger partial charge < -0.3 is 19.3 Å². The van der Waals surface area contributed by atoms with E-state index in [0.29, 0.717) is 29.4 Å². The molecule has 1 unspecified atom stereocenters. The molecule has 1 atom stereocenters. The van der Waals surface area contributed by atoms with Crippen molar-refractivity contribution in [1.82, 2.24) is 0 Å². The van der Waals surface area contributed by atoms with Gasteiger partial charge in [0.2, 0.25) is 0 Å². The number of benzene rings is 2. The number of ketones is 1. The van der Waals surface area contributed by atoms with Crippen molar-refractivity contribution in [3.63, 3.8) is 0 Å². The first-order valence-electron chi connectivity index (χ1n) is 12.1. The van der Waals surface area contributed by atoms with Crippen LogP contribution in [0.5, 0.6) is 17.2 Å². The van der Waals surface area contributed by atoms with E-state index in [1.165, 1.54) is 30.5 Å². The SMILES string of the molecule is CCOc1ccc(/C(O)=C2/C(=O)C(=O)N(c3ccc(OC)c(OC)c3)C2c2sccc2C)cc1C(C)C. The smallest absolute Gasteiger partial charge is 0.300 e. The number of hydrogen-bond donors (Lipinski definition) is 1. The molecule has 8 heteroatoms. The van der Waals surface area contributed by atoms with Crippen LogP contribution < -0.4 is 19.1 Å². The third-order valence-corrected chi connectivity index (χ3v) is 7.52. The van der Waals surface area contributed by atoms with Gasteiger partial charge in [-0.2, -0.15) is 0 Å². The number of aliphatic hydroxyl groups is 1. The van der Waals surface area contributed by atoms with Gasteiger partial charge in [-0.05, 0) is 72.7 Å². The van der Waals surface area contributed by atoms with E-state index in [4.69, 9.17) is 14.2 Å². The molecule has 1 fully saturated rings. The topological polar surface area (TPSA) is 85.3 Å². The van der Waals surface area contributed by atoms with Crippen LogP contribution in [0.3, 0.4) is 0 Å². The molecule has 7 nitrogen and oxygen atoms in total. The molecule has 2 heterocycles. The number of aliphatic hydroxyl groups excluding tert-OH is 1. The van der Waals surface area contributed by atoms with Crippen LogP contribution in [0.25, 0.3) is 5.76 Å². The fourth-order valence-electron chi connectivity index (χ4n) is 4.58. The van der Waals surface area contributed by atoms with Gasteiger partial charge in [-0.3, -0.25) is 14.5 Å². The number of aryl methyl sites for hydroxylation is 1. The first-order valence-corrected chi connectivity index (χ1v) is 13.0. The zero-order valence-electron chi connectivity index (χ0n) is 21.8. The van der Waals surface area contributed by atoms with E-state index in [1.807, 2.05) is 45.2 Å². The number of nitrogens with zero attached hydrogens (tertiary/aromatic N) is 1. The van der Waals surface area contributed by atoms with E-state index >= 15 is 0 Å². The molecule has 1 aliphatic heterocycles. The van der Waals surface area contributed by atoms with Crippen LogP contribution in [0, 0.1) is 6.92 Å². The number of anilines is 1. The standard InChI is InChI=1S/C29H31NO6S/c1-7-36-21-10-8-18(14-20(21)16(2)3)26(31)24-25(28-17(4)12-13-37-28)30(29(33)27(24)32)19-9-11-22(34-5)23(15-19)35-6/h8-16,25,31H,7H2,1-6H3/b26-24-. The normalized spacial score (nSPS) is 16.9. The van der Waals surface area contributed by atoms with Crippen molar-refractivity contribution in [3.05, 3.63) is 75.0 Å². The zero-order chi connectivity index (χ0) is 26.9. The van der Waals surface area contributed by atoms with Gasteiger partial charge in [0.05, 0.1) is 26.4 Å². The summed E-state index contributed by atoms with van der Waals surface area (Å²) < 4.78 is 16.5. The number of Topliss-reactive ketones (excluding diaryl/α,β-unsaturated/α-hetero) is 1. The summed E-state index contributed by atoms with van der Waals surface area (Å²) in [5.74, 6) is 0.0963. The molecule has 194 valence electrons. The average molecular weight is 522 g/mol. The maximum absolute atomic E-state index is 13.5. The molecule has 1 amide bonds. The van der Waals surface area contributed by atoms with E-state index in [2.05, 4.69) is 0 Å². The summed E-state index contributed by atoms with van der Waals surface area (Å²) in [5, 5.41) is 13.5. The number of ether oxygens (including phenoxy) is 3. The van der Waals surface area contributed by atoms with Crippen molar-refractivity contribution in [1.29, 1.82) is 0 Å². The highest BCUT2D eigenvalue weighted by molar-refractivity contribution is 7.10. The van der Waals surface area contributed by atoms with Gasteiger partial charge in [0, 0.05) is 22.2 Å². The van der Waals surface area contributed by atoms with E-state index in [1.54, 1.807) is 30.3 Å². The van der Waals surface area contributed by atoms with Crippen LogP contribution >= 0.6 is 11.3 Å². The molecule has 0 saturated carbocycles. The second-order valence-corrected chi connectivity index (χ2v) is 9.96. The van der Waals surface area contributed by atoms with E-state index < -0.39 is 17.7 Å². The summed E-state index contributed by atoms with van der Waals surface area (Å²) in [6.45, 7) is 8.42.